The molecule has 0 bridgehead atoms. The van der Waals surface area contributed by atoms with E-state index in [2.05, 4.69) is 20.6 Å². The first-order valence-electron chi connectivity index (χ1n) is 7.25. The normalized spacial score (nSPS) is 18.0. The van der Waals surface area contributed by atoms with Gasteiger partial charge in [-0.2, -0.15) is 4.98 Å². The number of nitrogens with two attached hydrogens (primary N) is 1. The van der Waals surface area contributed by atoms with Crippen molar-refractivity contribution in [2.45, 2.75) is 25.0 Å². The molecule has 22 heavy (non-hydrogen) atoms. The molecule has 6 N–H and O–H groups in total. The minimum absolute atomic E-state index is 0.0705. The van der Waals surface area contributed by atoms with E-state index < -0.39 is 6.10 Å². The predicted octanol–water partition coefficient (Wildman–Crippen LogP) is 0.552. The third kappa shape index (κ3) is 3.04. The van der Waals surface area contributed by atoms with Gasteiger partial charge in [-0.1, -0.05) is 30.3 Å². The molecule has 3 rings (SSSR count). The lowest BCUT2D eigenvalue weighted by Gasteiger charge is -2.30. The van der Waals surface area contributed by atoms with Gasteiger partial charge in [-0.25, -0.2) is 0 Å². The van der Waals surface area contributed by atoms with Crippen LogP contribution in [-0.2, 0) is 6.42 Å². The number of hydrogen-bond donors (Lipinski definition) is 5. The van der Waals surface area contributed by atoms with E-state index in [1.54, 1.807) is 0 Å². The Morgan fingerprint density at radius 1 is 1.36 bits per heavy atom. The van der Waals surface area contributed by atoms with E-state index in [4.69, 9.17) is 5.73 Å². The number of aromatic amines is 1. The second-order valence-corrected chi connectivity index (χ2v) is 5.40. The maximum absolute atomic E-state index is 11.9. The Morgan fingerprint density at radius 3 is 2.91 bits per heavy atom. The number of rotatable bonds is 4. The molecule has 0 unspecified atom stereocenters. The fraction of sp³-hybridized carbons (Fsp3) is 0.333. The number of nitrogen functional groups attached to an aromatic ring is 1. The number of hydrogen-bond acceptors (Lipinski definition) is 6. The van der Waals surface area contributed by atoms with Gasteiger partial charge in [0.2, 0.25) is 5.95 Å². The summed E-state index contributed by atoms with van der Waals surface area (Å²) < 4.78 is 0. The van der Waals surface area contributed by atoms with Gasteiger partial charge in [-0.05, 0) is 18.4 Å². The molecule has 1 aromatic heterocycles. The van der Waals surface area contributed by atoms with E-state index in [-0.39, 0.29) is 17.5 Å². The van der Waals surface area contributed by atoms with Crippen LogP contribution in [0, 0.1) is 0 Å². The van der Waals surface area contributed by atoms with Gasteiger partial charge >= 0.3 is 0 Å². The predicted molar refractivity (Wildman–Crippen MR) is 85.9 cm³/mol. The zero-order valence-corrected chi connectivity index (χ0v) is 12.0. The van der Waals surface area contributed by atoms with Gasteiger partial charge < -0.3 is 21.5 Å². The van der Waals surface area contributed by atoms with Crippen molar-refractivity contribution in [2.75, 3.05) is 22.9 Å². The van der Waals surface area contributed by atoms with E-state index in [1.807, 2.05) is 30.3 Å². The van der Waals surface area contributed by atoms with Crippen LogP contribution in [0.2, 0.25) is 0 Å². The van der Waals surface area contributed by atoms with Crippen molar-refractivity contribution >= 4 is 17.5 Å². The van der Waals surface area contributed by atoms with Gasteiger partial charge in [0, 0.05) is 6.54 Å². The molecule has 0 saturated heterocycles. The maximum Gasteiger partial charge on any atom is 0.277 e. The Bertz CT molecular complexity index is 701. The SMILES string of the molecule is Nc1nc2c(c(=O)[nH]1)N[C@@H]([C@H](O)CCc1ccccc1)CN2. The van der Waals surface area contributed by atoms with Crippen LogP contribution in [0.25, 0.3) is 0 Å². The third-order valence-corrected chi connectivity index (χ3v) is 3.79. The lowest BCUT2D eigenvalue weighted by Crippen LogP contribution is -2.45. The van der Waals surface area contributed by atoms with Gasteiger partial charge in [0.15, 0.2) is 5.82 Å². The molecule has 2 heterocycles. The smallest absolute Gasteiger partial charge is 0.277 e. The molecule has 0 fully saturated rings. The molecule has 1 aromatic carbocycles. The van der Waals surface area contributed by atoms with Crippen molar-refractivity contribution < 1.29 is 5.11 Å². The van der Waals surface area contributed by atoms with Crippen molar-refractivity contribution in [3.63, 3.8) is 0 Å². The van der Waals surface area contributed by atoms with E-state index in [9.17, 15) is 9.90 Å². The van der Waals surface area contributed by atoms with Gasteiger partial charge in [-0.15, -0.1) is 0 Å². The molecule has 116 valence electrons. The second-order valence-electron chi connectivity index (χ2n) is 5.40. The van der Waals surface area contributed by atoms with Crippen molar-refractivity contribution in [1.82, 2.24) is 9.97 Å². The van der Waals surface area contributed by atoms with Crippen molar-refractivity contribution in [3.8, 4) is 0 Å². The molecule has 0 aliphatic carbocycles. The Morgan fingerprint density at radius 2 is 2.14 bits per heavy atom. The summed E-state index contributed by atoms with van der Waals surface area (Å²) in [6.45, 7) is 0.485. The molecule has 1 aliphatic heterocycles. The number of anilines is 3. The average Bonchev–Trinajstić information content (AvgIpc) is 2.53. The highest BCUT2D eigenvalue weighted by molar-refractivity contribution is 5.67. The number of aliphatic hydroxyl groups excluding tert-OH is 1. The fourth-order valence-electron chi connectivity index (χ4n) is 2.59. The van der Waals surface area contributed by atoms with Gasteiger partial charge in [0.05, 0.1) is 12.1 Å². The quantitative estimate of drug-likeness (QED) is 0.563. The van der Waals surface area contributed by atoms with Crippen LogP contribution < -0.4 is 21.9 Å². The van der Waals surface area contributed by atoms with Crippen LogP contribution >= 0.6 is 0 Å². The molecule has 7 heteroatoms. The van der Waals surface area contributed by atoms with Crippen LogP contribution in [0.3, 0.4) is 0 Å². The summed E-state index contributed by atoms with van der Waals surface area (Å²) in [5.74, 6) is 0.494. The topological polar surface area (TPSA) is 116 Å². The first kappa shape index (κ1) is 14.4. The highest BCUT2D eigenvalue weighted by Gasteiger charge is 2.26. The highest BCUT2D eigenvalue weighted by atomic mass is 16.3. The van der Waals surface area contributed by atoms with Crippen LogP contribution in [0.5, 0.6) is 0 Å². The van der Waals surface area contributed by atoms with Crippen molar-refractivity contribution in [3.05, 3.63) is 46.2 Å². The molecule has 1 aliphatic rings. The molecule has 7 nitrogen and oxygen atoms in total. The van der Waals surface area contributed by atoms with Crippen LogP contribution in [-0.4, -0.2) is 33.8 Å². The monoisotopic (exact) mass is 301 g/mol. The number of aromatic nitrogens is 2. The average molecular weight is 301 g/mol. The molecular weight excluding hydrogens is 282 g/mol. The van der Waals surface area contributed by atoms with E-state index in [0.29, 0.717) is 24.5 Å². The Balaban J connectivity index is 1.65. The highest BCUT2D eigenvalue weighted by Crippen LogP contribution is 2.22. The number of fused-ring (bicyclic) bond motifs is 1. The summed E-state index contributed by atoms with van der Waals surface area (Å²) in [4.78, 5) is 18.3. The lowest BCUT2D eigenvalue weighted by atomic mass is 10.0. The fourth-order valence-corrected chi connectivity index (χ4v) is 2.59. The van der Waals surface area contributed by atoms with Crippen molar-refractivity contribution in [1.29, 1.82) is 0 Å². The lowest BCUT2D eigenvalue weighted by molar-refractivity contribution is 0.145. The van der Waals surface area contributed by atoms with Crippen LogP contribution in [0.15, 0.2) is 35.1 Å². The number of benzene rings is 1. The minimum Gasteiger partial charge on any atom is -0.391 e. The first-order chi connectivity index (χ1) is 10.6. The summed E-state index contributed by atoms with van der Waals surface area (Å²) >= 11 is 0. The molecule has 2 aromatic rings. The second kappa shape index (κ2) is 6.07. The third-order valence-electron chi connectivity index (χ3n) is 3.79. The van der Waals surface area contributed by atoms with Gasteiger partial charge in [0.25, 0.3) is 5.56 Å². The largest absolute Gasteiger partial charge is 0.391 e. The molecule has 0 amide bonds. The number of aliphatic hydroxyl groups is 1. The molecule has 0 saturated carbocycles. The number of nitrogens with one attached hydrogen (secondary N) is 3. The Labute approximate surface area is 127 Å². The summed E-state index contributed by atoms with van der Waals surface area (Å²) in [5, 5.41) is 16.4. The Hall–Kier alpha value is -2.54. The molecule has 2 atom stereocenters. The molecule has 0 spiro atoms. The Kier molecular flexibility index (Phi) is 3.97. The number of nitrogens with zero attached hydrogens (tertiary/aromatic N) is 1. The zero-order valence-electron chi connectivity index (χ0n) is 12.0. The first-order valence-corrected chi connectivity index (χ1v) is 7.25. The summed E-state index contributed by atoms with van der Waals surface area (Å²) in [5.41, 5.74) is 6.67. The van der Waals surface area contributed by atoms with E-state index >= 15 is 0 Å². The van der Waals surface area contributed by atoms with Crippen LogP contribution in [0.1, 0.15) is 12.0 Å². The summed E-state index contributed by atoms with van der Waals surface area (Å²) in [7, 11) is 0. The molecule has 0 radical (unpaired) electrons. The molecular formula is C15H19N5O2. The zero-order chi connectivity index (χ0) is 15.5. The van der Waals surface area contributed by atoms with E-state index in [0.717, 1.165) is 6.42 Å². The summed E-state index contributed by atoms with van der Waals surface area (Å²) in [6, 6.07) is 9.75. The number of H-pyrrole nitrogens is 1. The standard InChI is InChI=1S/C15H19N5O2/c16-15-19-13-12(14(22)20-15)18-10(8-17-13)11(21)7-6-9-4-2-1-3-5-9/h1-5,10-11,18,21H,6-8H2,(H4,16,17,19,20,22)/t10-,11-/m1/s1. The van der Waals surface area contributed by atoms with E-state index in [1.165, 1.54) is 5.56 Å². The minimum atomic E-state index is -0.571. The van der Waals surface area contributed by atoms with Gasteiger partial charge in [0.1, 0.15) is 5.69 Å². The summed E-state index contributed by atoms with van der Waals surface area (Å²) in [6.07, 6.45) is 0.820. The van der Waals surface area contributed by atoms with Crippen LogP contribution in [0.4, 0.5) is 17.5 Å². The number of aryl methyl sites for hydroxylation is 1. The maximum atomic E-state index is 11.9. The van der Waals surface area contributed by atoms with Gasteiger partial charge in [-0.3, -0.25) is 9.78 Å². The van der Waals surface area contributed by atoms with Crippen molar-refractivity contribution in [2.24, 2.45) is 0 Å².